The van der Waals surface area contributed by atoms with Gasteiger partial charge in [-0.3, -0.25) is 0 Å². The van der Waals surface area contributed by atoms with Crippen LogP contribution in [0.25, 0.3) is 98.4 Å². The van der Waals surface area contributed by atoms with Gasteiger partial charge in [-0.1, -0.05) is 184 Å². The first-order chi connectivity index (χ1) is 40.1. The van der Waals surface area contributed by atoms with Crippen molar-refractivity contribution < 1.29 is 8.83 Å². The molecule has 15 aromatic rings. The van der Waals surface area contributed by atoms with Crippen LogP contribution in [-0.4, -0.2) is 0 Å². The Morgan fingerprint density at radius 3 is 1.30 bits per heavy atom. The number of furan rings is 2. The molecule has 2 aliphatic rings. The fourth-order valence-electron chi connectivity index (χ4n) is 14.3. The maximum Gasteiger partial charge on any atom is 0.159 e. The Morgan fingerprint density at radius 2 is 0.753 bits per heavy atom. The molecule has 0 saturated heterocycles. The Hall–Kier alpha value is -10.2. The maximum absolute atomic E-state index is 6.96. The predicted molar refractivity (Wildman–Crippen MR) is 338 cm³/mol. The van der Waals surface area contributed by atoms with Crippen LogP contribution in [0.3, 0.4) is 0 Å². The lowest BCUT2D eigenvalue weighted by molar-refractivity contribution is 0.663. The van der Waals surface area contributed by atoms with E-state index >= 15 is 0 Å². The first-order valence-corrected chi connectivity index (χ1v) is 28.4. The van der Waals surface area contributed by atoms with Crippen molar-refractivity contribution >= 4 is 110 Å². The minimum atomic E-state index is -0.624. The van der Waals surface area contributed by atoms with E-state index in [4.69, 9.17) is 8.83 Å². The number of hydrogen-bond donors (Lipinski definition) is 0. The van der Waals surface area contributed by atoms with Crippen molar-refractivity contribution in [3.63, 3.8) is 0 Å². The molecule has 0 saturated carbocycles. The van der Waals surface area contributed by atoms with E-state index in [1.165, 1.54) is 88.0 Å². The van der Waals surface area contributed by atoms with Crippen LogP contribution in [0.15, 0.2) is 264 Å². The summed E-state index contributed by atoms with van der Waals surface area (Å²) < 4.78 is 13.9. The minimum Gasteiger partial charge on any atom is -0.454 e. The lowest BCUT2D eigenvalue weighted by Gasteiger charge is -2.31. The summed E-state index contributed by atoms with van der Waals surface area (Å²) in [7, 11) is 0. The molecule has 0 aliphatic heterocycles. The van der Waals surface area contributed by atoms with E-state index in [1.807, 2.05) is 0 Å². The summed E-state index contributed by atoms with van der Waals surface area (Å²) >= 11 is 0. The van der Waals surface area contributed by atoms with E-state index in [-0.39, 0.29) is 0 Å². The van der Waals surface area contributed by atoms with Crippen LogP contribution in [0, 0.1) is 0 Å². The average Bonchev–Trinajstić information content (AvgIpc) is 2.66. The summed E-state index contributed by atoms with van der Waals surface area (Å²) in [6.45, 7) is 4.40. The van der Waals surface area contributed by atoms with Gasteiger partial charge in [-0.05, 0) is 186 Å². The van der Waals surface area contributed by atoms with Gasteiger partial charge in [0.1, 0.15) is 11.2 Å². The number of fused-ring (bicyclic) bond motifs is 20. The molecule has 17 rings (SSSR count). The van der Waals surface area contributed by atoms with Crippen molar-refractivity contribution in [2.24, 2.45) is 0 Å². The summed E-state index contributed by atoms with van der Waals surface area (Å²) in [5.74, 6) is 0. The number of para-hydroxylation sites is 6. The van der Waals surface area contributed by atoms with Crippen molar-refractivity contribution in [2.45, 2.75) is 32.1 Å². The molecule has 0 bridgehead atoms. The normalized spacial score (nSPS) is 13.0. The quantitative estimate of drug-likeness (QED) is 0.152. The number of hydrogen-bond acceptors (Lipinski definition) is 4. The van der Waals surface area contributed by atoms with Crippen LogP contribution in [0.2, 0.25) is 0 Å². The highest BCUT2D eigenvalue weighted by Gasteiger charge is 2.52. The maximum atomic E-state index is 6.96. The van der Waals surface area contributed by atoms with Crippen molar-refractivity contribution in [1.29, 1.82) is 0 Å². The van der Waals surface area contributed by atoms with Crippen LogP contribution in [-0.2, 0) is 18.3 Å². The zero-order valence-corrected chi connectivity index (χ0v) is 44.9. The monoisotopic (exact) mass is 1040 g/mol. The molecule has 2 heterocycles. The van der Waals surface area contributed by atoms with Crippen LogP contribution in [0.5, 0.6) is 0 Å². The number of anilines is 6. The number of aryl methyl sites for hydroxylation is 2. The molecule has 382 valence electrons. The van der Waals surface area contributed by atoms with Crippen LogP contribution < -0.4 is 9.80 Å². The van der Waals surface area contributed by atoms with Crippen molar-refractivity contribution in [2.75, 3.05) is 9.80 Å². The molecular formula is C77H52N2O2. The molecule has 4 heteroatoms. The fraction of sp³-hybridized carbons (Fsp3) is 0.0649. The molecule has 2 aromatic heterocycles. The summed E-state index contributed by atoms with van der Waals surface area (Å²) in [4.78, 5) is 4.75. The standard InChI is InChI=1S/C77H52N2O2/c1-3-47-20-15-28-59-61-30-17-33-70(75(61)80-73(47)59)78(54-22-7-5-8-23-54)56-38-35-50-43-64-65-44-51-36-39-57(79(55-24-9-6-10-25-55)71-34-18-31-62-60-29-16-21-48(4-2)74(60)81-76(62)71)42-53(51)46-69(65)77(68(64)45-52(50)41-56)66-32-14-13-27-63(66)72-58-26-12-11-19-49(58)37-40-67(72)77/h5-46H,3-4H2,1-2H3. The SMILES string of the molecule is CCc1cccc2c1oc1c(N(c3ccccc3)c3ccc4cc5c(cc4c3)C3(c4cc6cc(N(c7ccccc7)c7cccc8c7oc7c(CC)cccc78)ccc6cc4-5)c4ccccc4-c4c3ccc3ccccc43)cccc12. The summed E-state index contributed by atoms with van der Waals surface area (Å²) in [6.07, 6.45) is 1.79. The van der Waals surface area contributed by atoms with Gasteiger partial charge in [-0.15, -0.1) is 0 Å². The summed E-state index contributed by atoms with van der Waals surface area (Å²) in [5.41, 5.74) is 22.1. The highest BCUT2D eigenvalue weighted by Crippen LogP contribution is 2.65. The number of nitrogens with zero attached hydrogens (tertiary/aromatic N) is 2. The Morgan fingerprint density at radius 1 is 0.296 bits per heavy atom. The predicted octanol–water partition coefficient (Wildman–Crippen LogP) is 21.4. The van der Waals surface area contributed by atoms with E-state index < -0.39 is 5.41 Å². The molecule has 0 amide bonds. The van der Waals surface area contributed by atoms with Gasteiger partial charge in [0.25, 0.3) is 0 Å². The third-order valence-electron chi connectivity index (χ3n) is 17.9. The molecule has 2 aliphatic carbocycles. The van der Waals surface area contributed by atoms with Gasteiger partial charge in [0.15, 0.2) is 11.2 Å². The second-order valence-electron chi connectivity index (χ2n) is 22.0. The smallest absolute Gasteiger partial charge is 0.159 e. The first-order valence-electron chi connectivity index (χ1n) is 28.4. The van der Waals surface area contributed by atoms with E-state index in [0.29, 0.717) is 0 Å². The van der Waals surface area contributed by atoms with Crippen LogP contribution >= 0.6 is 0 Å². The molecule has 81 heavy (non-hydrogen) atoms. The van der Waals surface area contributed by atoms with Gasteiger partial charge >= 0.3 is 0 Å². The molecular weight excluding hydrogens is 985 g/mol. The fourth-order valence-corrected chi connectivity index (χ4v) is 14.3. The van der Waals surface area contributed by atoms with Gasteiger partial charge in [0, 0.05) is 44.3 Å². The van der Waals surface area contributed by atoms with E-state index in [1.54, 1.807) is 0 Å². The molecule has 0 unspecified atom stereocenters. The molecule has 4 nitrogen and oxygen atoms in total. The largest absolute Gasteiger partial charge is 0.454 e. The highest BCUT2D eigenvalue weighted by atomic mass is 16.3. The number of rotatable bonds is 8. The van der Waals surface area contributed by atoms with Crippen LogP contribution in [0.4, 0.5) is 34.1 Å². The lowest BCUT2D eigenvalue weighted by atomic mass is 9.70. The Balaban J connectivity index is 0.903. The lowest BCUT2D eigenvalue weighted by Crippen LogP contribution is -2.26. The van der Waals surface area contributed by atoms with E-state index in [2.05, 4.69) is 278 Å². The highest BCUT2D eigenvalue weighted by molar-refractivity contribution is 6.14. The second-order valence-corrected chi connectivity index (χ2v) is 22.0. The zero-order valence-electron chi connectivity index (χ0n) is 44.9. The topological polar surface area (TPSA) is 32.8 Å². The van der Waals surface area contributed by atoms with Gasteiger partial charge in [0.2, 0.25) is 0 Å². The first kappa shape index (κ1) is 45.8. The van der Waals surface area contributed by atoms with Crippen molar-refractivity contribution in [1.82, 2.24) is 0 Å². The Labute approximate surface area is 469 Å². The molecule has 0 fully saturated rings. The molecule has 1 spiro atoms. The van der Waals surface area contributed by atoms with Crippen molar-refractivity contribution in [3.05, 3.63) is 288 Å². The van der Waals surface area contributed by atoms with E-state index in [9.17, 15) is 0 Å². The third-order valence-corrected chi connectivity index (χ3v) is 17.9. The average molecular weight is 1040 g/mol. The Kier molecular flexibility index (Phi) is 9.85. The van der Waals surface area contributed by atoms with Gasteiger partial charge in [0.05, 0.1) is 16.8 Å². The van der Waals surface area contributed by atoms with Crippen LogP contribution in [0.1, 0.15) is 47.2 Å². The molecule has 0 atom stereocenters. The summed E-state index contributed by atoms with van der Waals surface area (Å²) in [5, 5.41) is 11.8. The number of benzene rings is 13. The second kappa shape index (κ2) is 17.4. The molecule has 13 aromatic carbocycles. The summed E-state index contributed by atoms with van der Waals surface area (Å²) in [6, 6.07) is 94.6. The molecule has 0 N–H and O–H groups in total. The third kappa shape index (κ3) is 6.47. The van der Waals surface area contributed by atoms with E-state index in [0.717, 1.165) is 90.8 Å². The van der Waals surface area contributed by atoms with Gasteiger partial charge < -0.3 is 18.6 Å². The Bertz CT molecular complexity index is 4850. The zero-order chi connectivity index (χ0) is 53.5. The van der Waals surface area contributed by atoms with Crippen molar-refractivity contribution in [3.8, 4) is 22.3 Å². The van der Waals surface area contributed by atoms with Gasteiger partial charge in [-0.25, -0.2) is 0 Å². The molecule has 0 radical (unpaired) electrons. The minimum absolute atomic E-state index is 0.624. The van der Waals surface area contributed by atoms with Gasteiger partial charge in [-0.2, -0.15) is 0 Å².